The summed E-state index contributed by atoms with van der Waals surface area (Å²) in [5, 5.41) is 9.36. The topological polar surface area (TPSA) is 66.0 Å². The van der Waals surface area contributed by atoms with Crippen LogP contribution in [-0.2, 0) is 0 Å². The predicted octanol–water partition coefficient (Wildman–Crippen LogP) is 2.12. The summed E-state index contributed by atoms with van der Waals surface area (Å²) in [5.74, 6) is 0.759. The summed E-state index contributed by atoms with van der Waals surface area (Å²) in [6, 6.07) is 5.83. The molecule has 4 aromatic heterocycles. The minimum atomic E-state index is 0.587. The van der Waals surface area contributed by atoms with E-state index in [4.69, 9.17) is 9.47 Å². The second kappa shape index (κ2) is 4.45. The Morgan fingerprint density at radius 3 is 2.67 bits per heavy atom. The molecule has 0 saturated heterocycles. The number of aromatic nitrogens is 5. The van der Waals surface area contributed by atoms with E-state index in [0.717, 1.165) is 27.6 Å². The van der Waals surface area contributed by atoms with Gasteiger partial charge in [0, 0.05) is 0 Å². The second-order valence-electron chi connectivity index (χ2n) is 4.39. The fourth-order valence-corrected chi connectivity index (χ4v) is 2.80. The Morgan fingerprint density at radius 2 is 1.90 bits per heavy atom. The minimum Gasteiger partial charge on any atom is -0.495 e. The van der Waals surface area contributed by atoms with Crippen molar-refractivity contribution in [3.05, 3.63) is 30.6 Å². The Kier molecular flexibility index (Phi) is 2.58. The van der Waals surface area contributed by atoms with Crippen LogP contribution in [0.25, 0.3) is 21.9 Å². The summed E-state index contributed by atoms with van der Waals surface area (Å²) in [7, 11) is 3.23. The van der Waals surface area contributed by atoms with E-state index >= 15 is 0 Å². The monoisotopic (exact) mass is 301 g/mol. The lowest BCUT2D eigenvalue weighted by molar-refractivity contribution is 0.405. The smallest absolute Gasteiger partial charge is 0.294 e. The van der Waals surface area contributed by atoms with Gasteiger partial charge in [-0.3, -0.25) is 0 Å². The van der Waals surface area contributed by atoms with Crippen molar-refractivity contribution in [2.75, 3.05) is 14.2 Å². The van der Waals surface area contributed by atoms with Crippen LogP contribution < -0.4 is 9.47 Å². The van der Waals surface area contributed by atoms with Gasteiger partial charge in [0.2, 0.25) is 4.96 Å². The van der Waals surface area contributed by atoms with Crippen molar-refractivity contribution in [3.63, 3.8) is 0 Å². The quantitative estimate of drug-likeness (QED) is 0.580. The molecular formula is C13H11N5O2S. The Hall–Kier alpha value is -2.61. The van der Waals surface area contributed by atoms with Gasteiger partial charge in [0.15, 0.2) is 0 Å². The van der Waals surface area contributed by atoms with E-state index in [-0.39, 0.29) is 0 Å². The molecule has 0 aromatic carbocycles. The van der Waals surface area contributed by atoms with Crippen molar-refractivity contribution in [3.8, 4) is 22.3 Å². The Morgan fingerprint density at radius 1 is 1.00 bits per heavy atom. The molecule has 4 aromatic rings. The second-order valence-corrected chi connectivity index (χ2v) is 5.31. The third kappa shape index (κ3) is 1.91. The Labute approximate surface area is 123 Å². The molecule has 0 aliphatic heterocycles. The normalized spacial score (nSPS) is 11.3. The van der Waals surface area contributed by atoms with Crippen LogP contribution in [0.3, 0.4) is 0 Å². The molecule has 0 amide bonds. The number of fused-ring (bicyclic) bond motifs is 2. The summed E-state index contributed by atoms with van der Waals surface area (Å²) >= 11 is 1.39. The van der Waals surface area contributed by atoms with Gasteiger partial charge in [-0.15, -0.1) is 5.10 Å². The highest BCUT2D eigenvalue weighted by molar-refractivity contribution is 7.18. The molecule has 0 unspecified atom stereocenters. The highest BCUT2D eigenvalue weighted by atomic mass is 32.1. The zero-order chi connectivity index (χ0) is 14.4. The highest BCUT2D eigenvalue weighted by Gasteiger charge is 2.12. The number of nitrogens with zero attached hydrogens (tertiary/aromatic N) is 5. The van der Waals surface area contributed by atoms with Crippen LogP contribution in [0.15, 0.2) is 30.6 Å². The molecule has 21 heavy (non-hydrogen) atoms. The van der Waals surface area contributed by atoms with Gasteiger partial charge < -0.3 is 9.47 Å². The maximum Gasteiger partial charge on any atom is 0.294 e. The van der Waals surface area contributed by atoms with Gasteiger partial charge in [0.1, 0.15) is 17.1 Å². The van der Waals surface area contributed by atoms with Crippen molar-refractivity contribution < 1.29 is 9.47 Å². The third-order valence-corrected chi connectivity index (χ3v) is 4.01. The Balaban J connectivity index is 1.81. The molecule has 0 fully saturated rings. The number of hydrogen-bond acceptors (Lipinski definition) is 6. The molecule has 7 nitrogen and oxygen atoms in total. The molecule has 0 bridgehead atoms. The molecular weight excluding hydrogens is 290 g/mol. The molecule has 0 spiro atoms. The molecule has 4 rings (SSSR count). The van der Waals surface area contributed by atoms with Gasteiger partial charge in [0.25, 0.3) is 5.19 Å². The molecule has 0 atom stereocenters. The standard InChI is InChI=1S/C13H11N5O2S/c1-19-9-4-3-8-5-10(15-17(8)6-9)11-7-18-12(14-11)21-13(16-18)20-2/h3-7H,1-2H3. The van der Waals surface area contributed by atoms with E-state index in [2.05, 4.69) is 15.2 Å². The zero-order valence-corrected chi connectivity index (χ0v) is 12.2. The summed E-state index contributed by atoms with van der Waals surface area (Å²) in [5.41, 5.74) is 2.55. The molecule has 8 heteroatoms. The van der Waals surface area contributed by atoms with E-state index in [0.29, 0.717) is 5.19 Å². The first-order valence-corrected chi connectivity index (χ1v) is 7.02. The number of methoxy groups -OCH3 is 2. The molecule has 0 aliphatic carbocycles. The average molecular weight is 301 g/mol. The van der Waals surface area contributed by atoms with E-state index in [1.165, 1.54) is 11.3 Å². The molecule has 4 heterocycles. The predicted molar refractivity (Wildman–Crippen MR) is 78.2 cm³/mol. The summed E-state index contributed by atoms with van der Waals surface area (Å²) in [4.78, 5) is 5.30. The highest BCUT2D eigenvalue weighted by Crippen LogP contribution is 2.26. The molecule has 0 saturated carbocycles. The lowest BCUT2D eigenvalue weighted by atomic mass is 10.3. The fourth-order valence-electron chi connectivity index (χ4n) is 2.10. The number of rotatable bonds is 3. The maximum atomic E-state index is 5.20. The third-order valence-electron chi connectivity index (χ3n) is 3.13. The molecule has 0 aliphatic rings. The van der Waals surface area contributed by atoms with Crippen LogP contribution in [-0.4, -0.2) is 38.4 Å². The van der Waals surface area contributed by atoms with E-state index in [1.54, 1.807) is 23.3 Å². The molecule has 0 N–H and O–H groups in total. The van der Waals surface area contributed by atoms with Crippen LogP contribution in [0.2, 0.25) is 0 Å². The van der Waals surface area contributed by atoms with E-state index < -0.39 is 0 Å². The first kappa shape index (κ1) is 12.2. The number of pyridine rings is 1. The van der Waals surface area contributed by atoms with Gasteiger partial charge >= 0.3 is 0 Å². The van der Waals surface area contributed by atoms with Gasteiger partial charge in [-0.2, -0.15) is 5.10 Å². The summed E-state index contributed by atoms with van der Waals surface area (Å²) in [6.07, 6.45) is 3.67. The lowest BCUT2D eigenvalue weighted by Gasteiger charge is -1.98. The van der Waals surface area contributed by atoms with Crippen LogP contribution in [0.4, 0.5) is 0 Å². The van der Waals surface area contributed by atoms with Gasteiger partial charge in [-0.25, -0.2) is 14.0 Å². The largest absolute Gasteiger partial charge is 0.495 e. The Bertz CT molecular complexity index is 907. The zero-order valence-electron chi connectivity index (χ0n) is 11.3. The number of imidazole rings is 1. The number of ether oxygens (including phenoxy) is 2. The van der Waals surface area contributed by atoms with Gasteiger partial charge in [-0.05, 0) is 29.5 Å². The van der Waals surface area contributed by atoms with Crippen LogP contribution in [0.1, 0.15) is 0 Å². The van der Waals surface area contributed by atoms with Gasteiger partial charge in [-0.1, -0.05) is 0 Å². The van der Waals surface area contributed by atoms with Gasteiger partial charge in [0.05, 0.1) is 32.1 Å². The number of hydrogen-bond donors (Lipinski definition) is 0. The first-order valence-electron chi connectivity index (χ1n) is 6.21. The first-order chi connectivity index (χ1) is 10.3. The van der Waals surface area contributed by atoms with Crippen molar-refractivity contribution in [1.29, 1.82) is 0 Å². The summed E-state index contributed by atoms with van der Waals surface area (Å²) < 4.78 is 13.8. The van der Waals surface area contributed by atoms with E-state index in [1.807, 2.05) is 30.6 Å². The fraction of sp³-hybridized carbons (Fsp3) is 0.154. The lowest BCUT2D eigenvalue weighted by Crippen LogP contribution is -1.90. The van der Waals surface area contributed by atoms with E-state index in [9.17, 15) is 0 Å². The maximum absolute atomic E-state index is 5.20. The SMILES string of the molecule is COc1ccc2cc(-c3cn4nc(OC)sc4n3)nn2c1. The average Bonchev–Trinajstić information content (AvgIpc) is 3.17. The van der Waals surface area contributed by atoms with Crippen molar-refractivity contribution in [1.82, 2.24) is 24.2 Å². The van der Waals surface area contributed by atoms with Crippen LogP contribution in [0.5, 0.6) is 10.9 Å². The summed E-state index contributed by atoms with van der Waals surface area (Å²) in [6.45, 7) is 0. The minimum absolute atomic E-state index is 0.587. The van der Waals surface area contributed by atoms with Crippen molar-refractivity contribution >= 4 is 21.8 Å². The molecule has 0 radical (unpaired) electrons. The van der Waals surface area contributed by atoms with Crippen molar-refractivity contribution in [2.24, 2.45) is 0 Å². The van der Waals surface area contributed by atoms with Crippen LogP contribution in [0, 0.1) is 0 Å². The van der Waals surface area contributed by atoms with Crippen LogP contribution >= 0.6 is 11.3 Å². The van der Waals surface area contributed by atoms with Crippen molar-refractivity contribution in [2.45, 2.75) is 0 Å². The molecule has 106 valence electrons.